The fraction of sp³-hybridized carbons (Fsp3) is 0.375. The van der Waals surface area contributed by atoms with E-state index in [1.807, 2.05) is 36.4 Å². The van der Waals surface area contributed by atoms with E-state index in [9.17, 15) is 25.2 Å². The number of phenols is 4. The molecule has 4 aromatic rings. The maximum absolute atomic E-state index is 12.0. The number of ketones is 1. The van der Waals surface area contributed by atoms with Crippen LogP contribution in [0.25, 0.3) is 0 Å². The third kappa shape index (κ3) is 6.06. The zero-order chi connectivity index (χ0) is 33.7. The van der Waals surface area contributed by atoms with Crippen LogP contribution in [0.2, 0.25) is 0 Å². The predicted octanol–water partition coefficient (Wildman–Crippen LogP) is 7.54. The first-order valence-electron chi connectivity index (χ1n) is 17.1. The van der Waals surface area contributed by atoms with Crippen molar-refractivity contribution in [1.82, 2.24) is 0 Å². The molecule has 1 unspecified atom stereocenters. The summed E-state index contributed by atoms with van der Waals surface area (Å²) in [5, 5.41) is 38.9. The minimum Gasteiger partial charge on any atom is -0.508 e. The minimum absolute atomic E-state index is 0.0749. The molecule has 4 N–H and O–H groups in total. The smallest absolute Gasteiger partial charge is 0.169 e. The normalized spacial score (nSPS) is 27.6. The summed E-state index contributed by atoms with van der Waals surface area (Å²) in [6.07, 6.45) is 4.18. The molecule has 9 nitrogen and oxygen atoms in total. The highest BCUT2D eigenvalue weighted by Gasteiger charge is 2.51. The van der Waals surface area contributed by atoms with Crippen molar-refractivity contribution in [1.29, 1.82) is 0 Å². The van der Waals surface area contributed by atoms with Crippen molar-refractivity contribution >= 4 is 5.78 Å². The van der Waals surface area contributed by atoms with Crippen molar-refractivity contribution < 1.29 is 44.2 Å². The average molecular weight is 665 g/mol. The lowest BCUT2D eigenvalue weighted by molar-refractivity contribution is -0.193. The molecule has 5 aliphatic rings. The van der Waals surface area contributed by atoms with Crippen LogP contribution in [0, 0.1) is 11.8 Å². The molecule has 1 spiro atoms. The van der Waals surface area contributed by atoms with Gasteiger partial charge in [0.2, 0.25) is 0 Å². The van der Waals surface area contributed by atoms with Gasteiger partial charge in [0.25, 0.3) is 0 Å². The molecule has 9 heteroatoms. The van der Waals surface area contributed by atoms with Gasteiger partial charge in [0.05, 0.1) is 13.2 Å². The van der Waals surface area contributed by atoms with Gasteiger partial charge in [0.15, 0.2) is 5.79 Å². The van der Waals surface area contributed by atoms with Crippen molar-refractivity contribution in [3.63, 3.8) is 0 Å². The molecule has 2 saturated carbocycles. The number of benzene rings is 4. The first-order valence-corrected chi connectivity index (χ1v) is 17.1. The predicted molar refractivity (Wildman–Crippen MR) is 179 cm³/mol. The van der Waals surface area contributed by atoms with Gasteiger partial charge in [-0.1, -0.05) is 24.3 Å². The number of Topliss-reactive ketones (excluding diaryl/α,β-unsaturated/α-hetero) is 1. The van der Waals surface area contributed by atoms with E-state index in [2.05, 4.69) is 0 Å². The van der Waals surface area contributed by atoms with Crippen molar-refractivity contribution in [3.05, 3.63) is 107 Å². The van der Waals surface area contributed by atoms with Gasteiger partial charge >= 0.3 is 0 Å². The topological polar surface area (TPSA) is 135 Å². The van der Waals surface area contributed by atoms with Gasteiger partial charge in [0.1, 0.15) is 52.5 Å². The largest absolute Gasteiger partial charge is 0.508 e. The highest BCUT2D eigenvalue weighted by Crippen LogP contribution is 2.57. The number of carbonyl (C=O) groups excluding carboxylic acids is 1. The molecule has 6 atom stereocenters. The first-order chi connectivity index (χ1) is 23.7. The van der Waals surface area contributed by atoms with Crippen molar-refractivity contribution in [2.24, 2.45) is 11.8 Å². The Morgan fingerprint density at radius 2 is 1.08 bits per heavy atom. The molecule has 3 fully saturated rings. The van der Waals surface area contributed by atoms with Crippen LogP contribution in [0.4, 0.5) is 0 Å². The third-order valence-corrected chi connectivity index (χ3v) is 11.0. The van der Waals surface area contributed by atoms with Crippen LogP contribution < -0.4 is 9.47 Å². The maximum Gasteiger partial charge on any atom is 0.169 e. The Labute approximate surface area is 284 Å². The van der Waals surface area contributed by atoms with Gasteiger partial charge in [-0.25, -0.2) is 0 Å². The van der Waals surface area contributed by atoms with Crippen molar-refractivity contribution in [2.45, 2.75) is 68.4 Å². The summed E-state index contributed by atoms with van der Waals surface area (Å²) in [5.74, 6) is 2.98. The van der Waals surface area contributed by atoms with E-state index in [1.54, 1.807) is 48.5 Å². The fourth-order valence-corrected chi connectivity index (χ4v) is 8.64. The van der Waals surface area contributed by atoms with Crippen LogP contribution in [0.15, 0.2) is 84.9 Å². The quantitative estimate of drug-likeness (QED) is 0.171. The van der Waals surface area contributed by atoms with Gasteiger partial charge in [-0.2, -0.15) is 0 Å². The summed E-state index contributed by atoms with van der Waals surface area (Å²) < 4.78 is 24.5. The molecule has 0 aromatic heterocycles. The number of carbonyl (C=O) groups is 1. The molecule has 2 aliphatic carbocycles. The molecule has 9 rings (SSSR count). The van der Waals surface area contributed by atoms with E-state index in [4.69, 9.17) is 18.9 Å². The van der Waals surface area contributed by atoms with Gasteiger partial charge in [-0.3, -0.25) is 4.79 Å². The Morgan fingerprint density at radius 3 is 1.63 bits per heavy atom. The van der Waals surface area contributed by atoms with E-state index in [-0.39, 0.29) is 64.7 Å². The minimum atomic E-state index is -0.499. The summed E-state index contributed by atoms with van der Waals surface area (Å²) in [5.41, 5.74) is 4.02. The summed E-state index contributed by atoms with van der Waals surface area (Å²) >= 11 is 0. The molecule has 3 heterocycles. The maximum atomic E-state index is 12.0. The van der Waals surface area contributed by atoms with Crippen molar-refractivity contribution in [3.8, 4) is 34.5 Å². The van der Waals surface area contributed by atoms with E-state index in [0.29, 0.717) is 26.1 Å². The first kappa shape index (κ1) is 31.5. The zero-order valence-corrected chi connectivity index (χ0v) is 27.0. The molecular formula is C40H40O9. The SMILES string of the molecule is O=C1CC[C@H]2C(c3ccc(O)cc3)Oc3ccc(O)cc3[C@H]2C1.Oc1ccc([C@H]2Oc3ccc(O)cc3[C@H]3CC4(CC[C@H]32)OCCO4)cc1. The number of hydrogen-bond donors (Lipinski definition) is 4. The van der Waals surface area contributed by atoms with Gasteiger partial charge in [-0.05, 0) is 90.6 Å². The standard InChI is InChI=1S/C21H22O5.C19H18O4/c22-14-3-1-13(2-4-14)20-16-7-8-21(24-9-10-25-21)12-18(16)17-11-15(23)5-6-19(17)26-20;20-12-3-1-11(2-4-12)19-15-7-5-13(21)9-16(15)17-10-14(22)6-8-18(17)23-19/h1-6,11,16,18,20,22-23H,7-10,12H2;1-4,6,8,10,15-16,19-20,22H,5,7,9H2/t16-,18+,20-;15-,16+,19?/m11/s1. The Hall–Kier alpha value is -4.73. The number of ether oxygens (including phenoxy) is 4. The van der Waals surface area contributed by atoms with Crippen LogP contribution in [-0.4, -0.2) is 45.2 Å². The highest BCUT2D eigenvalue weighted by atomic mass is 16.7. The Kier molecular flexibility index (Phi) is 8.12. The second-order valence-corrected chi connectivity index (χ2v) is 13.9. The molecule has 3 aliphatic heterocycles. The molecule has 0 amide bonds. The van der Waals surface area contributed by atoms with Crippen LogP contribution in [0.3, 0.4) is 0 Å². The van der Waals surface area contributed by atoms with Gasteiger partial charge in [-0.15, -0.1) is 0 Å². The molecule has 0 radical (unpaired) electrons. The lowest BCUT2D eigenvalue weighted by Crippen LogP contribution is -2.43. The number of hydrogen-bond acceptors (Lipinski definition) is 9. The number of phenolic OH excluding ortho intramolecular Hbond substituents is 4. The molecule has 254 valence electrons. The average Bonchev–Trinajstić information content (AvgIpc) is 3.56. The monoisotopic (exact) mass is 664 g/mol. The second-order valence-electron chi connectivity index (χ2n) is 13.9. The van der Waals surface area contributed by atoms with Gasteiger partial charge in [0, 0.05) is 54.6 Å². The van der Waals surface area contributed by atoms with E-state index < -0.39 is 5.79 Å². The van der Waals surface area contributed by atoms with Crippen LogP contribution in [0.1, 0.15) is 84.8 Å². The van der Waals surface area contributed by atoms with Crippen molar-refractivity contribution in [2.75, 3.05) is 13.2 Å². The van der Waals surface area contributed by atoms with E-state index in [0.717, 1.165) is 59.4 Å². The number of fused-ring (bicyclic) bond motifs is 6. The molecule has 49 heavy (non-hydrogen) atoms. The second kappa shape index (κ2) is 12.6. The van der Waals surface area contributed by atoms with E-state index in [1.165, 1.54) is 0 Å². The van der Waals surface area contributed by atoms with Crippen LogP contribution in [0.5, 0.6) is 34.5 Å². The highest BCUT2D eigenvalue weighted by molar-refractivity contribution is 5.80. The zero-order valence-electron chi connectivity index (χ0n) is 27.0. The molecule has 0 bridgehead atoms. The van der Waals surface area contributed by atoms with E-state index >= 15 is 0 Å². The summed E-state index contributed by atoms with van der Waals surface area (Å²) in [7, 11) is 0. The van der Waals surface area contributed by atoms with Crippen LogP contribution >= 0.6 is 0 Å². The Balaban J connectivity index is 0.000000143. The van der Waals surface area contributed by atoms with Crippen LogP contribution in [-0.2, 0) is 14.3 Å². The van der Waals surface area contributed by atoms with Gasteiger partial charge < -0.3 is 39.4 Å². The fourth-order valence-electron chi connectivity index (χ4n) is 8.64. The lowest BCUT2D eigenvalue weighted by atomic mass is 9.68. The molecule has 4 aromatic carbocycles. The summed E-state index contributed by atoms with van der Waals surface area (Å²) in [4.78, 5) is 12.0. The molecular weight excluding hydrogens is 624 g/mol. The Bertz CT molecular complexity index is 1830. The number of aromatic hydroxyl groups is 4. The number of rotatable bonds is 2. The third-order valence-electron chi connectivity index (χ3n) is 11.0. The lowest BCUT2D eigenvalue weighted by Gasteiger charge is -2.47. The summed E-state index contributed by atoms with van der Waals surface area (Å²) in [6, 6.07) is 24.7. The summed E-state index contributed by atoms with van der Waals surface area (Å²) in [6.45, 7) is 1.28. The Morgan fingerprint density at radius 1 is 0.592 bits per heavy atom. The molecule has 1 saturated heterocycles.